The molecule has 0 amide bonds. The van der Waals surface area contributed by atoms with Crippen LogP contribution in [-0.2, 0) is 0 Å². The lowest BCUT2D eigenvalue weighted by Crippen LogP contribution is -2.01. The molecule has 0 aliphatic rings. The first-order valence-corrected chi connectivity index (χ1v) is 6.40. The van der Waals surface area contributed by atoms with E-state index in [1.807, 2.05) is 0 Å². The molecule has 2 rings (SSSR count). The molecule has 0 aliphatic carbocycles. The zero-order chi connectivity index (χ0) is 14.0. The van der Waals surface area contributed by atoms with Gasteiger partial charge in [0, 0.05) is 10.5 Å². The standard InChI is InChI=1S/C11H5BrCl2N2O3/c12-5-1-7(14)9(2-6(5)13)19-10-4-15-8(3-16-10)11(17)18/h1-4H,(H,17,18). The molecule has 0 bridgehead atoms. The largest absolute Gasteiger partial charge is 0.476 e. The normalized spacial score (nSPS) is 10.3. The summed E-state index contributed by atoms with van der Waals surface area (Å²) in [5, 5.41) is 9.45. The van der Waals surface area contributed by atoms with Crippen molar-refractivity contribution in [2.45, 2.75) is 0 Å². The highest BCUT2D eigenvalue weighted by molar-refractivity contribution is 9.10. The van der Waals surface area contributed by atoms with Gasteiger partial charge in [0.15, 0.2) is 5.69 Å². The quantitative estimate of drug-likeness (QED) is 0.833. The highest BCUT2D eigenvalue weighted by Gasteiger charge is 2.10. The highest BCUT2D eigenvalue weighted by atomic mass is 79.9. The molecule has 0 radical (unpaired) electrons. The number of halogens is 3. The van der Waals surface area contributed by atoms with Crippen LogP contribution in [0.2, 0.25) is 10.0 Å². The van der Waals surface area contributed by atoms with Crippen molar-refractivity contribution in [3.8, 4) is 11.6 Å². The van der Waals surface area contributed by atoms with E-state index in [1.165, 1.54) is 12.3 Å². The molecule has 0 atom stereocenters. The van der Waals surface area contributed by atoms with Gasteiger partial charge in [0.25, 0.3) is 0 Å². The Morgan fingerprint density at radius 1 is 1.21 bits per heavy atom. The Kier molecular flexibility index (Phi) is 4.24. The lowest BCUT2D eigenvalue weighted by Gasteiger charge is -2.07. The molecule has 2 aromatic rings. The van der Waals surface area contributed by atoms with Crippen LogP contribution in [0.15, 0.2) is 29.0 Å². The van der Waals surface area contributed by atoms with Crippen LogP contribution in [0.25, 0.3) is 0 Å². The number of carboxylic acids is 1. The zero-order valence-electron chi connectivity index (χ0n) is 9.10. The molecule has 0 spiro atoms. The van der Waals surface area contributed by atoms with E-state index in [-0.39, 0.29) is 11.6 Å². The average Bonchev–Trinajstić information content (AvgIpc) is 2.36. The molecule has 0 unspecified atom stereocenters. The average molecular weight is 364 g/mol. The Morgan fingerprint density at radius 2 is 1.95 bits per heavy atom. The number of carbonyl (C=O) groups is 1. The van der Waals surface area contributed by atoms with Crippen molar-refractivity contribution in [1.82, 2.24) is 9.97 Å². The van der Waals surface area contributed by atoms with Crippen molar-refractivity contribution < 1.29 is 14.6 Å². The Bertz CT molecular complexity index is 635. The van der Waals surface area contributed by atoms with Crippen LogP contribution in [0.5, 0.6) is 11.6 Å². The van der Waals surface area contributed by atoms with Gasteiger partial charge in [0.1, 0.15) is 5.75 Å². The fourth-order valence-corrected chi connectivity index (χ4v) is 2.01. The Balaban J connectivity index is 2.26. The van der Waals surface area contributed by atoms with Gasteiger partial charge in [0.2, 0.25) is 5.88 Å². The fraction of sp³-hybridized carbons (Fsp3) is 0. The molecule has 19 heavy (non-hydrogen) atoms. The maximum atomic E-state index is 10.6. The first-order valence-electron chi connectivity index (χ1n) is 4.85. The first kappa shape index (κ1) is 14.0. The van der Waals surface area contributed by atoms with Crippen LogP contribution in [0.3, 0.4) is 0 Å². The summed E-state index contributed by atoms with van der Waals surface area (Å²) in [4.78, 5) is 18.1. The molecule has 0 saturated heterocycles. The summed E-state index contributed by atoms with van der Waals surface area (Å²) >= 11 is 15.1. The van der Waals surface area contributed by atoms with E-state index >= 15 is 0 Å². The molecular formula is C11H5BrCl2N2O3. The summed E-state index contributed by atoms with van der Waals surface area (Å²) in [6.07, 6.45) is 2.28. The SMILES string of the molecule is O=C(O)c1cnc(Oc2cc(Cl)c(Br)cc2Cl)cn1. The number of aromatic nitrogens is 2. The molecule has 0 aliphatic heterocycles. The predicted octanol–water partition coefficient (Wildman–Crippen LogP) is 4.04. The molecule has 0 saturated carbocycles. The highest BCUT2D eigenvalue weighted by Crippen LogP contribution is 2.35. The summed E-state index contributed by atoms with van der Waals surface area (Å²) < 4.78 is 6.01. The fourth-order valence-electron chi connectivity index (χ4n) is 1.17. The minimum absolute atomic E-state index is 0.116. The van der Waals surface area contributed by atoms with Crippen molar-refractivity contribution in [2.24, 2.45) is 0 Å². The molecule has 0 fully saturated rings. The molecule has 8 heteroatoms. The summed E-state index contributed by atoms with van der Waals surface area (Å²) in [5.74, 6) is -0.749. The Hall–Kier alpha value is -1.37. The number of carboxylic acid groups (broad SMARTS) is 1. The topological polar surface area (TPSA) is 72.3 Å². The van der Waals surface area contributed by atoms with E-state index in [9.17, 15) is 4.79 Å². The van der Waals surface area contributed by atoms with Gasteiger partial charge >= 0.3 is 5.97 Å². The lowest BCUT2D eigenvalue weighted by atomic mass is 10.3. The van der Waals surface area contributed by atoms with Gasteiger partial charge in [0.05, 0.1) is 22.4 Å². The summed E-state index contributed by atoms with van der Waals surface area (Å²) in [6, 6.07) is 3.10. The van der Waals surface area contributed by atoms with Crippen LogP contribution >= 0.6 is 39.1 Å². The molecule has 1 aromatic carbocycles. The van der Waals surface area contributed by atoms with Crippen LogP contribution in [-0.4, -0.2) is 21.0 Å². The second kappa shape index (κ2) is 5.73. The van der Waals surface area contributed by atoms with Crippen molar-refractivity contribution in [2.75, 3.05) is 0 Å². The number of benzene rings is 1. The summed E-state index contributed by atoms with van der Waals surface area (Å²) in [5.41, 5.74) is -0.174. The van der Waals surface area contributed by atoms with E-state index in [2.05, 4.69) is 25.9 Å². The molecular weight excluding hydrogens is 359 g/mol. The second-order valence-corrected chi connectivity index (χ2v) is 5.01. The third kappa shape index (κ3) is 3.34. The van der Waals surface area contributed by atoms with Crippen molar-refractivity contribution in [3.05, 3.63) is 44.7 Å². The van der Waals surface area contributed by atoms with E-state index < -0.39 is 5.97 Å². The van der Waals surface area contributed by atoms with Gasteiger partial charge in [-0.15, -0.1) is 0 Å². The Labute approximate surface area is 126 Å². The van der Waals surface area contributed by atoms with Crippen LogP contribution in [0.4, 0.5) is 0 Å². The maximum Gasteiger partial charge on any atom is 0.356 e. The van der Waals surface area contributed by atoms with Crippen LogP contribution in [0, 0.1) is 0 Å². The second-order valence-electron chi connectivity index (χ2n) is 3.34. The van der Waals surface area contributed by atoms with Crippen LogP contribution in [0.1, 0.15) is 10.5 Å². The van der Waals surface area contributed by atoms with Gasteiger partial charge < -0.3 is 9.84 Å². The number of nitrogens with zero attached hydrogens (tertiary/aromatic N) is 2. The molecule has 1 aromatic heterocycles. The van der Waals surface area contributed by atoms with E-state index in [0.29, 0.717) is 20.3 Å². The van der Waals surface area contributed by atoms with E-state index in [0.717, 1.165) is 6.20 Å². The summed E-state index contributed by atoms with van der Waals surface area (Å²) in [7, 11) is 0. The molecule has 98 valence electrons. The Morgan fingerprint density at radius 3 is 2.53 bits per heavy atom. The predicted molar refractivity (Wildman–Crippen MR) is 73.2 cm³/mol. The molecule has 1 heterocycles. The monoisotopic (exact) mass is 362 g/mol. The van der Waals surface area contributed by atoms with Gasteiger partial charge in [-0.2, -0.15) is 0 Å². The molecule has 1 N–H and O–H groups in total. The number of hydrogen-bond donors (Lipinski definition) is 1. The number of aromatic carboxylic acids is 1. The van der Waals surface area contributed by atoms with Gasteiger partial charge in [-0.1, -0.05) is 23.2 Å². The summed E-state index contributed by atoms with van der Waals surface area (Å²) in [6.45, 7) is 0. The first-order chi connectivity index (χ1) is 8.97. The number of hydrogen-bond acceptors (Lipinski definition) is 4. The van der Waals surface area contributed by atoms with Gasteiger partial charge in [-0.3, -0.25) is 0 Å². The molecule has 5 nitrogen and oxygen atoms in total. The van der Waals surface area contributed by atoms with Crippen molar-refractivity contribution in [3.63, 3.8) is 0 Å². The third-order valence-corrected chi connectivity index (χ3v) is 3.53. The van der Waals surface area contributed by atoms with Crippen molar-refractivity contribution in [1.29, 1.82) is 0 Å². The number of rotatable bonds is 3. The van der Waals surface area contributed by atoms with E-state index in [4.69, 9.17) is 33.0 Å². The maximum absolute atomic E-state index is 10.6. The minimum atomic E-state index is -1.16. The number of ether oxygens (including phenoxy) is 1. The van der Waals surface area contributed by atoms with Crippen molar-refractivity contribution >= 4 is 45.1 Å². The zero-order valence-corrected chi connectivity index (χ0v) is 12.2. The smallest absolute Gasteiger partial charge is 0.356 e. The lowest BCUT2D eigenvalue weighted by molar-refractivity contribution is 0.0690. The van der Waals surface area contributed by atoms with Gasteiger partial charge in [-0.25, -0.2) is 14.8 Å². The minimum Gasteiger partial charge on any atom is -0.476 e. The van der Waals surface area contributed by atoms with E-state index in [1.54, 1.807) is 6.07 Å². The van der Waals surface area contributed by atoms with Gasteiger partial charge in [-0.05, 0) is 22.0 Å². The van der Waals surface area contributed by atoms with Crippen LogP contribution < -0.4 is 4.74 Å². The third-order valence-electron chi connectivity index (χ3n) is 2.04.